The van der Waals surface area contributed by atoms with Crippen LogP contribution in [0.15, 0.2) is 35.6 Å². The first kappa shape index (κ1) is 12.1. The maximum Gasteiger partial charge on any atom is 0.167 e. The lowest BCUT2D eigenvalue weighted by molar-refractivity contribution is 0.673. The fourth-order valence-electron chi connectivity index (χ4n) is 2.37. The predicted molar refractivity (Wildman–Crippen MR) is 76.4 cm³/mol. The Labute approximate surface area is 116 Å². The lowest BCUT2D eigenvalue weighted by Crippen LogP contribution is -2.19. The van der Waals surface area contributed by atoms with Crippen LogP contribution >= 0.6 is 23.4 Å². The number of rotatable bonds is 4. The molecule has 0 saturated heterocycles. The van der Waals surface area contributed by atoms with Crippen LogP contribution in [0.1, 0.15) is 22.7 Å². The van der Waals surface area contributed by atoms with Gasteiger partial charge in [-0.3, -0.25) is 0 Å². The molecule has 1 aliphatic rings. The highest BCUT2D eigenvalue weighted by Gasteiger charge is 2.25. The van der Waals surface area contributed by atoms with E-state index in [2.05, 4.69) is 33.8 Å². The van der Waals surface area contributed by atoms with E-state index in [1.54, 1.807) is 0 Å². The van der Waals surface area contributed by atoms with Gasteiger partial charge in [-0.15, -0.1) is 11.6 Å². The number of aromatic nitrogens is 2. The number of imidazole rings is 1. The molecule has 18 heavy (non-hydrogen) atoms. The maximum absolute atomic E-state index is 5.84. The van der Waals surface area contributed by atoms with Crippen LogP contribution in [0.25, 0.3) is 0 Å². The van der Waals surface area contributed by atoms with Crippen molar-refractivity contribution in [3.63, 3.8) is 0 Å². The van der Waals surface area contributed by atoms with Crippen molar-refractivity contribution in [2.24, 2.45) is 7.05 Å². The van der Waals surface area contributed by atoms with E-state index < -0.39 is 0 Å². The Morgan fingerprint density at radius 2 is 2.28 bits per heavy atom. The van der Waals surface area contributed by atoms with Gasteiger partial charge in [0.2, 0.25) is 0 Å². The molecule has 1 aromatic carbocycles. The van der Waals surface area contributed by atoms with Crippen LogP contribution in [0, 0.1) is 0 Å². The highest BCUT2D eigenvalue weighted by atomic mass is 35.5. The summed E-state index contributed by atoms with van der Waals surface area (Å²) in [4.78, 5) is 4.41. The Bertz CT molecular complexity index is 565. The minimum absolute atomic E-state index is 0.524. The number of benzene rings is 1. The topological polar surface area (TPSA) is 17.8 Å². The molecular weight excluding hydrogens is 264 g/mol. The van der Waals surface area contributed by atoms with E-state index in [0.717, 1.165) is 16.6 Å². The van der Waals surface area contributed by atoms with Crippen molar-refractivity contribution in [3.8, 4) is 0 Å². The molecular formula is C14H15ClN2S. The van der Waals surface area contributed by atoms with Crippen molar-refractivity contribution in [2.75, 3.05) is 5.75 Å². The molecule has 0 fully saturated rings. The highest BCUT2D eigenvalue weighted by molar-refractivity contribution is 7.99. The lowest BCUT2D eigenvalue weighted by Gasteiger charge is -2.29. The SMILES string of the molecule is Cn1c(CCl)cnc1SCC1Cc2ccccc21. The van der Waals surface area contributed by atoms with Crippen LogP contribution in [0.4, 0.5) is 0 Å². The molecule has 94 valence electrons. The van der Waals surface area contributed by atoms with Crippen molar-refractivity contribution >= 4 is 23.4 Å². The number of hydrogen-bond donors (Lipinski definition) is 0. The molecule has 2 aromatic rings. The lowest BCUT2D eigenvalue weighted by atomic mass is 9.79. The van der Waals surface area contributed by atoms with E-state index in [1.807, 2.05) is 25.0 Å². The number of halogens is 1. The van der Waals surface area contributed by atoms with Gasteiger partial charge in [0.15, 0.2) is 5.16 Å². The van der Waals surface area contributed by atoms with E-state index in [9.17, 15) is 0 Å². The van der Waals surface area contributed by atoms with E-state index in [4.69, 9.17) is 11.6 Å². The summed E-state index contributed by atoms with van der Waals surface area (Å²) in [5.41, 5.74) is 4.09. The van der Waals surface area contributed by atoms with E-state index >= 15 is 0 Å². The molecule has 3 rings (SSSR count). The quantitative estimate of drug-likeness (QED) is 0.628. The highest BCUT2D eigenvalue weighted by Crippen LogP contribution is 2.38. The Balaban J connectivity index is 1.65. The van der Waals surface area contributed by atoms with Gasteiger partial charge in [-0.25, -0.2) is 4.98 Å². The monoisotopic (exact) mass is 278 g/mol. The summed E-state index contributed by atoms with van der Waals surface area (Å²) in [6, 6.07) is 8.71. The van der Waals surface area contributed by atoms with Gasteiger partial charge in [-0.2, -0.15) is 0 Å². The van der Waals surface area contributed by atoms with Crippen LogP contribution in [-0.4, -0.2) is 15.3 Å². The Morgan fingerprint density at radius 3 is 3.00 bits per heavy atom. The molecule has 0 spiro atoms. The average Bonchev–Trinajstić information content (AvgIpc) is 2.71. The number of thioether (sulfide) groups is 1. The Kier molecular flexibility index (Phi) is 3.35. The van der Waals surface area contributed by atoms with E-state index in [0.29, 0.717) is 11.8 Å². The fraction of sp³-hybridized carbons (Fsp3) is 0.357. The molecule has 0 amide bonds. The van der Waals surface area contributed by atoms with Gasteiger partial charge in [0, 0.05) is 12.8 Å². The third-order valence-corrected chi connectivity index (χ3v) is 5.03. The molecule has 1 atom stereocenters. The van der Waals surface area contributed by atoms with Gasteiger partial charge < -0.3 is 4.57 Å². The zero-order chi connectivity index (χ0) is 12.5. The summed E-state index contributed by atoms with van der Waals surface area (Å²) in [6.07, 6.45) is 3.07. The van der Waals surface area contributed by atoms with Crippen molar-refractivity contribution in [1.82, 2.24) is 9.55 Å². The maximum atomic E-state index is 5.84. The number of nitrogens with zero attached hydrogens (tertiary/aromatic N) is 2. The molecule has 0 N–H and O–H groups in total. The molecule has 0 radical (unpaired) electrons. The first-order valence-electron chi connectivity index (χ1n) is 6.06. The largest absolute Gasteiger partial charge is 0.325 e. The third kappa shape index (κ3) is 2.06. The van der Waals surface area contributed by atoms with Gasteiger partial charge in [0.1, 0.15) is 0 Å². The molecule has 0 saturated carbocycles. The van der Waals surface area contributed by atoms with Crippen molar-refractivity contribution < 1.29 is 0 Å². The molecule has 1 aromatic heterocycles. The van der Waals surface area contributed by atoms with Gasteiger partial charge in [0.05, 0.1) is 17.8 Å². The molecule has 1 heterocycles. The zero-order valence-electron chi connectivity index (χ0n) is 10.3. The first-order valence-corrected chi connectivity index (χ1v) is 7.58. The second kappa shape index (κ2) is 4.98. The zero-order valence-corrected chi connectivity index (χ0v) is 11.8. The normalized spacial score (nSPS) is 17.3. The number of alkyl halides is 1. The molecule has 0 aliphatic heterocycles. The summed E-state index contributed by atoms with van der Waals surface area (Å²) < 4.78 is 2.09. The standard InChI is InChI=1S/C14H15ClN2S/c1-17-12(7-15)8-16-14(17)18-9-11-6-10-4-2-3-5-13(10)11/h2-5,8,11H,6-7,9H2,1H3. The minimum Gasteiger partial charge on any atom is -0.325 e. The van der Waals surface area contributed by atoms with Crippen molar-refractivity contribution in [3.05, 3.63) is 47.3 Å². The van der Waals surface area contributed by atoms with Crippen LogP contribution < -0.4 is 0 Å². The van der Waals surface area contributed by atoms with Crippen LogP contribution in [0.2, 0.25) is 0 Å². The fourth-order valence-corrected chi connectivity index (χ4v) is 3.70. The van der Waals surface area contributed by atoms with Crippen LogP contribution in [0.3, 0.4) is 0 Å². The minimum atomic E-state index is 0.524. The van der Waals surface area contributed by atoms with Gasteiger partial charge in [0.25, 0.3) is 0 Å². The van der Waals surface area contributed by atoms with Gasteiger partial charge in [-0.05, 0) is 23.5 Å². The van der Waals surface area contributed by atoms with E-state index in [-0.39, 0.29) is 0 Å². The van der Waals surface area contributed by atoms with Crippen LogP contribution in [-0.2, 0) is 19.3 Å². The Hall–Kier alpha value is -0.930. The third-order valence-electron chi connectivity index (χ3n) is 3.55. The predicted octanol–water partition coefficient (Wildman–Crippen LogP) is 3.59. The van der Waals surface area contributed by atoms with Crippen LogP contribution in [0.5, 0.6) is 0 Å². The molecule has 2 nitrogen and oxygen atoms in total. The Morgan fingerprint density at radius 1 is 1.44 bits per heavy atom. The molecule has 1 aliphatic carbocycles. The van der Waals surface area contributed by atoms with E-state index in [1.165, 1.54) is 17.5 Å². The smallest absolute Gasteiger partial charge is 0.167 e. The second-order valence-electron chi connectivity index (χ2n) is 4.64. The van der Waals surface area contributed by atoms with Crippen molar-refractivity contribution in [1.29, 1.82) is 0 Å². The first-order chi connectivity index (χ1) is 8.79. The summed E-state index contributed by atoms with van der Waals surface area (Å²) >= 11 is 7.67. The van der Waals surface area contributed by atoms with Crippen molar-refractivity contribution in [2.45, 2.75) is 23.4 Å². The second-order valence-corrected chi connectivity index (χ2v) is 5.89. The molecule has 4 heteroatoms. The molecule has 0 bridgehead atoms. The summed E-state index contributed by atoms with van der Waals surface area (Å²) in [5.74, 6) is 2.31. The number of hydrogen-bond acceptors (Lipinski definition) is 2. The number of fused-ring (bicyclic) bond motifs is 1. The van der Waals surface area contributed by atoms with Gasteiger partial charge >= 0.3 is 0 Å². The summed E-state index contributed by atoms with van der Waals surface area (Å²) in [5, 5.41) is 1.06. The van der Waals surface area contributed by atoms with Gasteiger partial charge in [-0.1, -0.05) is 36.0 Å². The summed E-state index contributed by atoms with van der Waals surface area (Å²) in [6.45, 7) is 0. The summed E-state index contributed by atoms with van der Waals surface area (Å²) in [7, 11) is 2.03. The average molecular weight is 279 g/mol. The molecule has 1 unspecified atom stereocenters.